The van der Waals surface area contributed by atoms with Crippen LogP contribution in [-0.4, -0.2) is 35.7 Å². The molecule has 0 aliphatic carbocycles. The zero-order chi connectivity index (χ0) is 19.1. The second kappa shape index (κ2) is 8.52. The molecule has 8 nitrogen and oxygen atoms in total. The third-order valence-electron chi connectivity index (χ3n) is 3.44. The molecular weight excluding hydrogens is 340 g/mol. The first-order chi connectivity index (χ1) is 12.4. The second-order valence-electron chi connectivity index (χ2n) is 5.44. The fourth-order valence-electron chi connectivity index (χ4n) is 2.09. The van der Waals surface area contributed by atoms with Crippen LogP contribution in [0.4, 0.5) is 5.69 Å². The first-order valence-electron chi connectivity index (χ1n) is 7.65. The lowest BCUT2D eigenvalue weighted by Crippen LogP contribution is -2.31. The highest BCUT2D eigenvalue weighted by Gasteiger charge is 2.13. The number of nitrogens with one attached hydrogen (secondary N) is 1. The highest BCUT2D eigenvalue weighted by atomic mass is 16.6. The Balaban J connectivity index is 1.80. The lowest BCUT2D eigenvalue weighted by atomic mass is 10.1. The first-order valence-corrected chi connectivity index (χ1v) is 7.65. The van der Waals surface area contributed by atoms with Crippen molar-refractivity contribution < 1.29 is 24.0 Å². The fourth-order valence-corrected chi connectivity index (χ4v) is 2.09. The summed E-state index contributed by atoms with van der Waals surface area (Å²) in [5, 5.41) is 13.0. The SMILES string of the molecule is Cc1cccc(C(=O)NCC(=O)OCC(=O)c2ccc([N+](=O)[O-])cc2)c1. The quantitative estimate of drug-likeness (QED) is 0.351. The van der Waals surface area contributed by atoms with Gasteiger partial charge in [-0.05, 0) is 31.2 Å². The van der Waals surface area contributed by atoms with Crippen molar-refractivity contribution in [1.29, 1.82) is 0 Å². The summed E-state index contributed by atoms with van der Waals surface area (Å²) in [5.74, 6) is -1.69. The van der Waals surface area contributed by atoms with E-state index in [1.54, 1.807) is 18.2 Å². The molecule has 0 radical (unpaired) electrons. The number of esters is 1. The Morgan fingerprint density at radius 1 is 1.08 bits per heavy atom. The summed E-state index contributed by atoms with van der Waals surface area (Å²) in [4.78, 5) is 45.4. The maximum atomic E-state index is 11.9. The summed E-state index contributed by atoms with van der Waals surface area (Å²) in [6.07, 6.45) is 0. The van der Waals surface area contributed by atoms with Gasteiger partial charge in [0.25, 0.3) is 11.6 Å². The van der Waals surface area contributed by atoms with E-state index in [4.69, 9.17) is 4.74 Å². The monoisotopic (exact) mass is 356 g/mol. The number of amides is 1. The van der Waals surface area contributed by atoms with Gasteiger partial charge < -0.3 is 10.1 Å². The van der Waals surface area contributed by atoms with Crippen molar-refractivity contribution in [3.05, 3.63) is 75.3 Å². The van der Waals surface area contributed by atoms with Crippen LogP contribution in [0, 0.1) is 17.0 Å². The maximum Gasteiger partial charge on any atom is 0.325 e. The molecule has 8 heteroatoms. The third-order valence-corrected chi connectivity index (χ3v) is 3.44. The van der Waals surface area contributed by atoms with Gasteiger partial charge in [-0.15, -0.1) is 0 Å². The number of nitro benzene ring substituents is 1. The number of Topliss-reactive ketones (excluding diaryl/α,β-unsaturated/α-hetero) is 1. The molecule has 1 amide bonds. The lowest BCUT2D eigenvalue weighted by Gasteiger charge is -2.07. The van der Waals surface area contributed by atoms with Crippen LogP contribution in [0.25, 0.3) is 0 Å². The van der Waals surface area contributed by atoms with E-state index >= 15 is 0 Å². The van der Waals surface area contributed by atoms with Crippen LogP contribution in [-0.2, 0) is 9.53 Å². The minimum Gasteiger partial charge on any atom is -0.456 e. The Labute approximate surface area is 148 Å². The fraction of sp³-hybridized carbons (Fsp3) is 0.167. The Morgan fingerprint density at radius 2 is 1.77 bits per heavy atom. The molecule has 0 saturated heterocycles. The molecule has 0 fully saturated rings. The Hall–Kier alpha value is -3.55. The van der Waals surface area contributed by atoms with E-state index in [0.29, 0.717) is 5.56 Å². The number of carbonyl (C=O) groups is 3. The number of nitro groups is 1. The van der Waals surface area contributed by atoms with Crippen LogP contribution in [0.15, 0.2) is 48.5 Å². The Morgan fingerprint density at radius 3 is 2.38 bits per heavy atom. The van der Waals surface area contributed by atoms with Gasteiger partial charge in [0.1, 0.15) is 6.54 Å². The van der Waals surface area contributed by atoms with Crippen LogP contribution in [0.5, 0.6) is 0 Å². The number of ketones is 1. The van der Waals surface area contributed by atoms with Gasteiger partial charge in [-0.25, -0.2) is 0 Å². The highest BCUT2D eigenvalue weighted by molar-refractivity contribution is 5.99. The standard InChI is InChI=1S/C18H16N2O6/c1-12-3-2-4-14(9-12)18(23)19-10-17(22)26-11-16(21)13-5-7-15(8-6-13)20(24)25/h2-9H,10-11H2,1H3,(H,19,23). The zero-order valence-electron chi connectivity index (χ0n) is 13.9. The van der Waals surface area contributed by atoms with Gasteiger partial charge in [-0.2, -0.15) is 0 Å². The van der Waals surface area contributed by atoms with Crippen molar-refractivity contribution in [1.82, 2.24) is 5.32 Å². The molecule has 2 rings (SSSR count). The molecule has 0 atom stereocenters. The number of hydrogen-bond donors (Lipinski definition) is 1. The number of rotatable bonds is 7. The molecule has 0 spiro atoms. The average Bonchev–Trinajstić information content (AvgIpc) is 2.64. The second-order valence-corrected chi connectivity index (χ2v) is 5.44. The predicted octanol–water partition coefficient (Wildman–Crippen LogP) is 2.06. The minimum atomic E-state index is -0.763. The van der Waals surface area contributed by atoms with Gasteiger partial charge >= 0.3 is 5.97 Å². The maximum absolute atomic E-state index is 11.9. The van der Waals surface area contributed by atoms with Crippen molar-refractivity contribution in [2.45, 2.75) is 6.92 Å². The smallest absolute Gasteiger partial charge is 0.325 e. The van der Waals surface area contributed by atoms with Crippen molar-refractivity contribution in [3.63, 3.8) is 0 Å². The van der Waals surface area contributed by atoms with Crippen LogP contribution >= 0.6 is 0 Å². The van der Waals surface area contributed by atoms with Gasteiger partial charge in [0.15, 0.2) is 12.4 Å². The molecule has 26 heavy (non-hydrogen) atoms. The number of nitrogens with zero attached hydrogens (tertiary/aromatic N) is 1. The van der Waals surface area contributed by atoms with Gasteiger partial charge in [-0.3, -0.25) is 24.5 Å². The van der Waals surface area contributed by atoms with E-state index < -0.39 is 29.2 Å². The molecule has 2 aromatic carbocycles. The molecule has 0 aliphatic heterocycles. The first kappa shape index (κ1) is 18.8. The molecule has 1 N–H and O–H groups in total. The summed E-state index contributed by atoms with van der Waals surface area (Å²) in [5.41, 5.74) is 1.37. The van der Waals surface area contributed by atoms with Crippen molar-refractivity contribution >= 4 is 23.3 Å². The van der Waals surface area contributed by atoms with E-state index in [2.05, 4.69) is 5.32 Å². The van der Waals surface area contributed by atoms with Crippen molar-refractivity contribution in [2.75, 3.05) is 13.2 Å². The van der Waals surface area contributed by atoms with E-state index in [-0.39, 0.29) is 17.8 Å². The van der Waals surface area contributed by atoms with Gasteiger partial charge in [0.2, 0.25) is 0 Å². The topological polar surface area (TPSA) is 116 Å². The number of non-ortho nitro benzene ring substituents is 1. The number of carbonyl (C=O) groups excluding carboxylic acids is 3. The molecule has 0 unspecified atom stereocenters. The van der Waals surface area contributed by atoms with Gasteiger partial charge in [-0.1, -0.05) is 17.7 Å². The minimum absolute atomic E-state index is 0.141. The third kappa shape index (κ3) is 5.23. The number of hydrogen-bond acceptors (Lipinski definition) is 6. The van der Waals surface area contributed by atoms with E-state index in [1.807, 2.05) is 13.0 Å². The number of aryl methyl sites for hydroxylation is 1. The van der Waals surface area contributed by atoms with Crippen LogP contribution in [0.2, 0.25) is 0 Å². The highest BCUT2D eigenvalue weighted by Crippen LogP contribution is 2.12. The summed E-state index contributed by atoms with van der Waals surface area (Å²) < 4.78 is 4.81. The van der Waals surface area contributed by atoms with E-state index in [9.17, 15) is 24.5 Å². The van der Waals surface area contributed by atoms with Gasteiger partial charge in [0.05, 0.1) is 4.92 Å². The average molecular weight is 356 g/mol. The summed E-state index contributed by atoms with van der Waals surface area (Å²) >= 11 is 0. The number of benzene rings is 2. The molecular formula is C18H16N2O6. The Bertz CT molecular complexity index is 845. The Kier molecular flexibility index (Phi) is 6.15. The summed E-state index contributed by atoms with van der Waals surface area (Å²) in [7, 11) is 0. The summed E-state index contributed by atoms with van der Waals surface area (Å²) in [6.45, 7) is 0.951. The van der Waals surface area contributed by atoms with Gasteiger partial charge in [0, 0.05) is 23.3 Å². The predicted molar refractivity (Wildman–Crippen MR) is 91.9 cm³/mol. The molecule has 0 heterocycles. The van der Waals surface area contributed by atoms with E-state index in [1.165, 1.54) is 24.3 Å². The molecule has 2 aromatic rings. The van der Waals surface area contributed by atoms with Crippen LogP contribution < -0.4 is 5.32 Å². The number of ether oxygens (including phenoxy) is 1. The summed E-state index contributed by atoms with van der Waals surface area (Å²) in [6, 6.07) is 11.8. The van der Waals surface area contributed by atoms with Crippen molar-refractivity contribution in [2.24, 2.45) is 0 Å². The molecule has 0 bridgehead atoms. The molecule has 0 aliphatic rings. The molecule has 134 valence electrons. The normalized spacial score (nSPS) is 10.0. The van der Waals surface area contributed by atoms with Crippen LogP contribution in [0.3, 0.4) is 0 Å². The van der Waals surface area contributed by atoms with Crippen molar-refractivity contribution in [3.8, 4) is 0 Å². The van der Waals surface area contributed by atoms with E-state index in [0.717, 1.165) is 5.56 Å². The molecule has 0 saturated carbocycles. The van der Waals surface area contributed by atoms with Crippen LogP contribution in [0.1, 0.15) is 26.3 Å². The largest absolute Gasteiger partial charge is 0.456 e. The zero-order valence-corrected chi connectivity index (χ0v) is 13.9. The molecule has 0 aromatic heterocycles. The lowest BCUT2D eigenvalue weighted by molar-refractivity contribution is -0.384.